The number of hydrogen-bond donors (Lipinski definition) is 0. The van der Waals surface area contributed by atoms with Crippen LogP contribution in [0.25, 0.3) is 0 Å². The van der Waals surface area contributed by atoms with E-state index in [9.17, 15) is 0 Å². The average molecular weight is 208 g/mol. The van der Waals surface area contributed by atoms with Crippen molar-refractivity contribution in [2.24, 2.45) is 0 Å². The van der Waals surface area contributed by atoms with Crippen LogP contribution < -0.4 is 4.52 Å². The lowest BCUT2D eigenvalue weighted by Crippen LogP contribution is -1.89. The van der Waals surface area contributed by atoms with Gasteiger partial charge in [-0.3, -0.25) is 0 Å². The molecule has 0 saturated heterocycles. The molecule has 0 heterocycles. The van der Waals surface area contributed by atoms with Gasteiger partial charge in [-0.25, -0.2) is 0 Å². The van der Waals surface area contributed by atoms with Crippen LogP contribution in [0.4, 0.5) is 0 Å². The van der Waals surface area contributed by atoms with E-state index in [2.05, 4.69) is 12.3 Å². The highest BCUT2D eigenvalue weighted by Crippen LogP contribution is 2.39. The molecular weight excluding hydrogens is 195 g/mol. The molecule has 1 unspecified atom stereocenters. The molecule has 1 atom stereocenters. The van der Waals surface area contributed by atoms with E-state index < -0.39 is 8.38 Å². The predicted molar refractivity (Wildman–Crippen MR) is 59.3 cm³/mol. The van der Waals surface area contributed by atoms with Crippen molar-refractivity contribution in [2.75, 3.05) is 6.61 Å². The maximum atomic E-state index is 5.58. The molecule has 1 aromatic rings. The number of rotatable bonds is 5. The second-order valence-corrected chi connectivity index (χ2v) is 3.71. The van der Waals surface area contributed by atoms with E-state index in [-0.39, 0.29) is 0 Å². The molecule has 0 radical (unpaired) electrons. The van der Waals surface area contributed by atoms with Gasteiger partial charge in [0.15, 0.2) is 0 Å². The minimum Gasteiger partial charge on any atom is -0.444 e. The molecule has 0 aliphatic carbocycles. The van der Waals surface area contributed by atoms with Crippen LogP contribution >= 0.6 is 8.38 Å². The molecule has 74 valence electrons. The molecule has 0 spiro atoms. The van der Waals surface area contributed by atoms with E-state index in [1.807, 2.05) is 37.3 Å². The van der Waals surface area contributed by atoms with E-state index in [4.69, 9.17) is 9.05 Å². The van der Waals surface area contributed by atoms with Crippen molar-refractivity contribution in [1.82, 2.24) is 0 Å². The Balaban J connectivity index is 2.59. The zero-order valence-corrected chi connectivity index (χ0v) is 9.04. The molecule has 1 rings (SSSR count). The standard InChI is InChI=1S/C11H13O2P/c1-3-10-14(12-4-2)13-11-8-6-5-7-9-11/h5-10H,1,4H2,2H3. The van der Waals surface area contributed by atoms with Crippen molar-refractivity contribution >= 4 is 8.38 Å². The van der Waals surface area contributed by atoms with Gasteiger partial charge in [-0.1, -0.05) is 24.8 Å². The first-order valence-electron chi connectivity index (χ1n) is 4.38. The van der Waals surface area contributed by atoms with Crippen LogP contribution in [0.2, 0.25) is 0 Å². The summed E-state index contributed by atoms with van der Waals surface area (Å²) in [5.74, 6) is 2.52. The van der Waals surface area contributed by atoms with Crippen LogP contribution in [0.5, 0.6) is 5.75 Å². The molecule has 14 heavy (non-hydrogen) atoms. The Morgan fingerprint density at radius 2 is 2.14 bits per heavy atom. The van der Waals surface area contributed by atoms with Crippen LogP contribution in [-0.2, 0) is 4.52 Å². The van der Waals surface area contributed by atoms with E-state index in [1.54, 1.807) is 5.82 Å². The van der Waals surface area contributed by atoms with Gasteiger partial charge in [-0.15, -0.1) is 5.73 Å². The maximum absolute atomic E-state index is 5.58. The van der Waals surface area contributed by atoms with E-state index >= 15 is 0 Å². The Morgan fingerprint density at radius 3 is 2.71 bits per heavy atom. The molecule has 3 heteroatoms. The lowest BCUT2D eigenvalue weighted by Gasteiger charge is -2.12. The third-order valence-electron chi connectivity index (χ3n) is 1.39. The van der Waals surface area contributed by atoms with E-state index in [1.165, 1.54) is 0 Å². The molecular formula is C11H13O2P. The summed E-state index contributed by atoms with van der Waals surface area (Å²) in [5.41, 5.74) is 2.68. The fourth-order valence-electron chi connectivity index (χ4n) is 0.877. The highest BCUT2D eigenvalue weighted by molar-refractivity contribution is 7.51. The second-order valence-electron chi connectivity index (χ2n) is 2.44. The van der Waals surface area contributed by atoms with Crippen molar-refractivity contribution in [3.8, 4) is 5.75 Å². The Morgan fingerprint density at radius 1 is 1.43 bits per heavy atom. The molecule has 0 aliphatic rings. The van der Waals surface area contributed by atoms with Gasteiger partial charge < -0.3 is 9.05 Å². The average Bonchev–Trinajstić information content (AvgIpc) is 2.20. The SMILES string of the molecule is C=C=CP(OCC)Oc1ccccc1. The number of hydrogen-bond acceptors (Lipinski definition) is 2. The normalized spacial score (nSPS) is 11.5. The lowest BCUT2D eigenvalue weighted by atomic mass is 10.3. The van der Waals surface area contributed by atoms with Crippen molar-refractivity contribution in [2.45, 2.75) is 6.92 Å². The summed E-state index contributed by atoms with van der Waals surface area (Å²) in [6, 6.07) is 9.58. The zero-order chi connectivity index (χ0) is 10.2. The Labute approximate surface area is 85.8 Å². The largest absolute Gasteiger partial charge is 0.444 e. The molecule has 0 saturated carbocycles. The minimum absolute atomic E-state index is 0.622. The minimum atomic E-state index is -1.04. The summed E-state index contributed by atoms with van der Waals surface area (Å²) in [5, 5.41) is 0. The molecule has 0 aliphatic heterocycles. The van der Waals surface area contributed by atoms with Crippen LogP contribution in [0, 0.1) is 0 Å². The second kappa shape index (κ2) is 6.39. The van der Waals surface area contributed by atoms with Gasteiger partial charge >= 0.3 is 0 Å². The van der Waals surface area contributed by atoms with Crippen LogP contribution in [0.3, 0.4) is 0 Å². The lowest BCUT2D eigenvalue weighted by molar-refractivity contribution is 0.341. The third kappa shape index (κ3) is 3.76. The highest BCUT2D eigenvalue weighted by Gasteiger charge is 2.06. The Hall–Kier alpha value is -1.07. The zero-order valence-electron chi connectivity index (χ0n) is 8.14. The quantitative estimate of drug-likeness (QED) is 0.542. The van der Waals surface area contributed by atoms with Crippen molar-refractivity contribution in [3.05, 3.63) is 48.5 Å². The summed E-state index contributed by atoms with van der Waals surface area (Å²) in [6.07, 6.45) is 0. The molecule has 0 N–H and O–H groups in total. The third-order valence-corrected chi connectivity index (χ3v) is 2.69. The monoisotopic (exact) mass is 208 g/mol. The van der Waals surface area contributed by atoms with Crippen molar-refractivity contribution < 1.29 is 9.05 Å². The summed E-state index contributed by atoms with van der Waals surface area (Å²) in [6.45, 7) is 6.05. The molecule has 0 bridgehead atoms. The van der Waals surface area contributed by atoms with Gasteiger partial charge in [-0.2, -0.15) is 0 Å². The molecule has 2 nitrogen and oxygen atoms in total. The van der Waals surface area contributed by atoms with Crippen LogP contribution in [0.1, 0.15) is 6.92 Å². The molecule has 1 aromatic carbocycles. The first-order chi connectivity index (χ1) is 6.86. The first kappa shape index (κ1) is 11.0. The summed E-state index contributed by atoms with van der Waals surface area (Å²) in [4.78, 5) is 0. The van der Waals surface area contributed by atoms with Crippen molar-refractivity contribution in [3.63, 3.8) is 0 Å². The van der Waals surface area contributed by atoms with Gasteiger partial charge in [0.1, 0.15) is 5.75 Å². The van der Waals surface area contributed by atoms with E-state index in [0.29, 0.717) is 6.61 Å². The van der Waals surface area contributed by atoms with Crippen molar-refractivity contribution in [1.29, 1.82) is 0 Å². The fraction of sp³-hybridized carbons (Fsp3) is 0.182. The summed E-state index contributed by atoms with van der Waals surface area (Å²) < 4.78 is 11.0. The number of para-hydroxylation sites is 1. The first-order valence-corrected chi connectivity index (χ1v) is 5.62. The highest BCUT2D eigenvalue weighted by atomic mass is 31.2. The Bertz CT molecular complexity index is 304. The maximum Gasteiger partial charge on any atom is 0.265 e. The fourth-order valence-corrected chi connectivity index (χ4v) is 1.79. The van der Waals surface area contributed by atoms with Gasteiger partial charge in [0.2, 0.25) is 0 Å². The summed E-state index contributed by atoms with van der Waals surface area (Å²) >= 11 is 0. The molecule has 0 amide bonds. The van der Waals surface area contributed by atoms with Gasteiger partial charge in [0.25, 0.3) is 8.38 Å². The Kier molecular flexibility index (Phi) is 5.03. The predicted octanol–water partition coefficient (Wildman–Crippen LogP) is 3.71. The van der Waals surface area contributed by atoms with Gasteiger partial charge in [-0.05, 0) is 19.1 Å². The smallest absolute Gasteiger partial charge is 0.265 e. The topological polar surface area (TPSA) is 18.5 Å². The summed E-state index contributed by atoms with van der Waals surface area (Å²) in [7, 11) is -1.04. The molecule has 0 fully saturated rings. The number of benzene rings is 1. The van der Waals surface area contributed by atoms with Crippen LogP contribution in [0.15, 0.2) is 48.5 Å². The van der Waals surface area contributed by atoms with Gasteiger partial charge in [0.05, 0.1) is 6.61 Å². The van der Waals surface area contributed by atoms with Gasteiger partial charge in [0, 0.05) is 5.82 Å². The van der Waals surface area contributed by atoms with Crippen LogP contribution in [-0.4, -0.2) is 6.61 Å². The van der Waals surface area contributed by atoms with E-state index in [0.717, 1.165) is 5.75 Å². The molecule has 0 aromatic heterocycles.